The minimum atomic E-state index is -2.24. The van der Waals surface area contributed by atoms with E-state index in [0.29, 0.717) is 29.4 Å². The van der Waals surface area contributed by atoms with Gasteiger partial charge >= 0.3 is 0 Å². The number of anilines is 2. The highest BCUT2D eigenvalue weighted by atomic mass is 32.2. The maximum atomic E-state index is 14.7. The van der Waals surface area contributed by atoms with Gasteiger partial charge in [-0.3, -0.25) is 4.72 Å². The van der Waals surface area contributed by atoms with E-state index in [-0.39, 0.29) is 11.6 Å². The molecule has 0 aliphatic heterocycles. The molecule has 6 nitrogen and oxygen atoms in total. The van der Waals surface area contributed by atoms with Crippen LogP contribution >= 0.6 is 23.1 Å². The van der Waals surface area contributed by atoms with Crippen LogP contribution in [0.2, 0.25) is 0 Å². The van der Waals surface area contributed by atoms with Crippen molar-refractivity contribution in [2.75, 3.05) is 28.6 Å². The lowest BCUT2D eigenvalue weighted by Crippen LogP contribution is -2.08. The normalized spacial score (nSPS) is 12.1. The number of thiazole rings is 1. The zero-order chi connectivity index (χ0) is 26.5. The van der Waals surface area contributed by atoms with E-state index < -0.39 is 33.3 Å². The Balaban J connectivity index is 1.71. The van der Waals surface area contributed by atoms with Crippen LogP contribution in [-0.2, 0) is 11.0 Å². The molecule has 0 saturated carbocycles. The molecule has 2 aromatic heterocycles. The molecule has 12 heteroatoms. The van der Waals surface area contributed by atoms with Gasteiger partial charge in [-0.25, -0.2) is 32.3 Å². The molecule has 1 atom stereocenters. The van der Waals surface area contributed by atoms with Crippen molar-refractivity contribution in [3.8, 4) is 21.8 Å². The van der Waals surface area contributed by atoms with Crippen molar-refractivity contribution in [1.82, 2.24) is 15.0 Å². The molecule has 0 aliphatic rings. The fourth-order valence-electron chi connectivity index (χ4n) is 3.31. The number of nitrogens with zero attached hydrogens (tertiary/aromatic N) is 3. The van der Waals surface area contributed by atoms with E-state index in [1.54, 1.807) is 30.1 Å². The van der Waals surface area contributed by atoms with Gasteiger partial charge in [-0.2, -0.15) is 11.8 Å². The zero-order valence-corrected chi connectivity index (χ0v) is 22.7. The van der Waals surface area contributed by atoms with E-state index in [0.717, 1.165) is 33.8 Å². The Labute approximate surface area is 223 Å². The van der Waals surface area contributed by atoms with Crippen LogP contribution in [0.3, 0.4) is 0 Å². The average Bonchev–Trinajstić information content (AvgIpc) is 3.33. The number of rotatable bonds is 10. The molecule has 37 heavy (non-hydrogen) atoms. The lowest BCUT2D eigenvalue weighted by molar-refractivity contribution is 0.572. The van der Waals surface area contributed by atoms with Gasteiger partial charge in [0.05, 0.1) is 31.9 Å². The zero-order valence-electron chi connectivity index (χ0n) is 20.2. The smallest absolute Gasteiger partial charge is 0.223 e. The van der Waals surface area contributed by atoms with Gasteiger partial charge in [-0.15, -0.1) is 11.3 Å². The molecule has 0 spiro atoms. The lowest BCUT2D eigenvalue weighted by atomic mass is 10.1. The number of nitrogens with one attached hydrogen (secondary N) is 2. The van der Waals surface area contributed by atoms with Crippen LogP contribution in [0.25, 0.3) is 21.8 Å². The summed E-state index contributed by atoms with van der Waals surface area (Å²) in [5.41, 5.74) is 1.65. The van der Waals surface area contributed by atoms with Crippen molar-refractivity contribution >= 4 is 45.7 Å². The SMILES string of the molecule is CSCCNc1nccc(-c2sc(C(C)C)nc2-c2ccc(F)c(NS(=O)c3cc(F)ccc3F)c2)n1. The van der Waals surface area contributed by atoms with Gasteiger partial charge in [-0.1, -0.05) is 13.8 Å². The molecule has 2 aromatic carbocycles. The number of aromatic nitrogens is 3. The first-order valence-corrected chi connectivity index (χ1v) is 14.6. The largest absolute Gasteiger partial charge is 0.353 e. The van der Waals surface area contributed by atoms with Gasteiger partial charge in [0.25, 0.3) is 0 Å². The second kappa shape index (κ2) is 12.1. The molecular weight excluding hydrogens is 540 g/mol. The number of halogens is 3. The van der Waals surface area contributed by atoms with Crippen LogP contribution in [0.5, 0.6) is 0 Å². The molecule has 0 amide bonds. The topological polar surface area (TPSA) is 79.8 Å². The first-order valence-electron chi connectivity index (χ1n) is 11.3. The van der Waals surface area contributed by atoms with E-state index in [1.807, 2.05) is 20.1 Å². The van der Waals surface area contributed by atoms with E-state index in [2.05, 4.69) is 20.0 Å². The van der Waals surface area contributed by atoms with Crippen molar-refractivity contribution in [3.05, 3.63) is 71.1 Å². The maximum Gasteiger partial charge on any atom is 0.223 e. The van der Waals surface area contributed by atoms with E-state index >= 15 is 0 Å². The van der Waals surface area contributed by atoms with Crippen molar-refractivity contribution in [3.63, 3.8) is 0 Å². The highest BCUT2D eigenvalue weighted by Gasteiger charge is 2.20. The lowest BCUT2D eigenvalue weighted by Gasteiger charge is -2.10. The second-order valence-corrected chi connectivity index (χ2v) is 11.4. The van der Waals surface area contributed by atoms with E-state index in [1.165, 1.54) is 23.5 Å². The summed E-state index contributed by atoms with van der Waals surface area (Å²) in [6.45, 7) is 4.76. The summed E-state index contributed by atoms with van der Waals surface area (Å²) in [5.74, 6) is -0.773. The summed E-state index contributed by atoms with van der Waals surface area (Å²) in [4.78, 5) is 14.1. The summed E-state index contributed by atoms with van der Waals surface area (Å²) in [6, 6.07) is 8.62. The molecule has 0 saturated heterocycles. The molecular formula is C25H24F3N5OS3. The van der Waals surface area contributed by atoms with Crippen LogP contribution in [0.1, 0.15) is 24.8 Å². The van der Waals surface area contributed by atoms with Crippen molar-refractivity contribution in [2.45, 2.75) is 24.7 Å². The van der Waals surface area contributed by atoms with Gasteiger partial charge < -0.3 is 5.32 Å². The number of hydrogen-bond donors (Lipinski definition) is 2. The Bertz CT molecular complexity index is 1430. The molecule has 1 unspecified atom stereocenters. The van der Waals surface area contributed by atoms with Gasteiger partial charge in [0.15, 0.2) is 11.0 Å². The highest BCUT2D eigenvalue weighted by molar-refractivity contribution is 7.98. The quantitative estimate of drug-likeness (QED) is 0.209. The van der Waals surface area contributed by atoms with Crippen LogP contribution in [0.4, 0.5) is 24.8 Å². The minimum absolute atomic E-state index is 0.133. The maximum absolute atomic E-state index is 14.7. The fraction of sp³-hybridized carbons (Fsp3) is 0.240. The Kier molecular flexibility index (Phi) is 8.83. The highest BCUT2D eigenvalue weighted by Crippen LogP contribution is 2.39. The predicted molar refractivity (Wildman–Crippen MR) is 146 cm³/mol. The third-order valence-corrected chi connectivity index (χ3v) is 8.26. The fourth-order valence-corrected chi connectivity index (χ4v) is 5.61. The van der Waals surface area contributed by atoms with Crippen LogP contribution in [0.15, 0.2) is 53.6 Å². The third-order valence-electron chi connectivity index (χ3n) is 5.15. The molecule has 2 N–H and O–H groups in total. The molecule has 4 aromatic rings. The van der Waals surface area contributed by atoms with E-state index in [9.17, 15) is 17.4 Å². The Morgan fingerprint density at radius 2 is 1.84 bits per heavy atom. The summed E-state index contributed by atoms with van der Waals surface area (Å²) in [5, 5.41) is 4.06. The first-order chi connectivity index (χ1) is 17.8. The number of hydrogen-bond acceptors (Lipinski definition) is 7. The minimum Gasteiger partial charge on any atom is -0.353 e. The number of thioether (sulfide) groups is 1. The van der Waals surface area contributed by atoms with Crippen LogP contribution < -0.4 is 10.0 Å². The van der Waals surface area contributed by atoms with Crippen molar-refractivity contribution < 1.29 is 17.4 Å². The van der Waals surface area contributed by atoms with Gasteiger partial charge in [0.1, 0.15) is 17.5 Å². The molecule has 0 aliphatic carbocycles. The van der Waals surface area contributed by atoms with Gasteiger partial charge in [-0.05, 0) is 48.7 Å². The van der Waals surface area contributed by atoms with Gasteiger partial charge in [0, 0.05) is 30.0 Å². The molecule has 2 heterocycles. The van der Waals surface area contributed by atoms with Crippen molar-refractivity contribution in [1.29, 1.82) is 0 Å². The third kappa shape index (κ3) is 6.49. The van der Waals surface area contributed by atoms with Crippen LogP contribution in [-0.4, -0.2) is 37.7 Å². The molecule has 0 radical (unpaired) electrons. The summed E-state index contributed by atoms with van der Waals surface area (Å²) < 4.78 is 57.5. The van der Waals surface area contributed by atoms with E-state index in [4.69, 9.17) is 4.98 Å². The monoisotopic (exact) mass is 563 g/mol. The Hall–Kier alpha value is -2.96. The van der Waals surface area contributed by atoms with Crippen molar-refractivity contribution in [2.24, 2.45) is 0 Å². The van der Waals surface area contributed by atoms with Gasteiger partial charge in [0.2, 0.25) is 5.95 Å². The predicted octanol–water partition coefficient (Wildman–Crippen LogP) is 6.72. The molecule has 194 valence electrons. The Morgan fingerprint density at radius 3 is 2.59 bits per heavy atom. The summed E-state index contributed by atoms with van der Waals surface area (Å²) in [6.07, 6.45) is 3.68. The number of benzene rings is 2. The first kappa shape index (κ1) is 27.1. The second-order valence-electron chi connectivity index (χ2n) is 8.21. The summed E-state index contributed by atoms with van der Waals surface area (Å²) >= 11 is 3.19. The Morgan fingerprint density at radius 1 is 1.05 bits per heavy atom. The van der Waals surface area contributed by atoms with Crippen LogP contribution in [0, 0.1) is 17.5 Å². The summed E-state index contributed by atoms with van der Waals surface area (Å²) in [7, 11) is -2.24. The molecule has 0 fully saturated rings. The molecule has 0 bridgehead atoms. The standard InChI is InChI=1S/C25H24F3N5OS3/c1-14(2)24-32-22(23(36-24)19-8-9-29-25(31-19)30-10-11-35-3)15-4-6-17(27)20(12-15)33-37(34)21-13-16(26)5-7-18(21)28/h4-9,12-14,33H,10-11H2,1-3H3,(H,29,30,31). The molecule has 4 rings (SSSR count). The average molecular weight is 564 g/mol.